The molecule has 5 nitrogen and oxygen atoms in total. The zero-order chi connectivity index (χ0) is 26.8. The topological polar surface area (TPSA) is 49.9 Å². The minimum atomic E-state index is -0.362. The molecular formula is C33H29FN2O3. The Bertz CT molecular complexity index is 1500. The van der Waals surface area contributed by atoms with Crippen LogP contribution in [0.5, 0.6) is 11.5 Å². The molecular weight excluding hydrogens is 491 g/mol. The fourth-order valence-electron chi connectivity index (χ4n) is 5.79. The van der Waals surface area contributed by atoms with Gasteiger partial charge < -0.3 is 14.5 Å². The fraction of sp³-hybridized carbons (Fsp3) is 0.212. The van der Waals surface area contributed by atoms with Crippen LogP contribution in [-0.2, 0) is 16.6 Å². The van der Waals surface area contributed by atoms with Crippen molar-refractivity contribution in [2.45, 2.75) is 24.7 Å². The number of piperidine rings is 1. The molecule has 2 aliphatic heterocycles. The first-order valence-corrected chi connectivity index (χ1v) is 13.3. The monoisotopic (exact) mass is 520 g/mol. The summed E-state index contributed by atoms with van der Waals surface area (Å²) in [6.45, 7) is 1.75. The van der Waals surface area contributed by atoms with E-state index in [-0.39, 0.29) is 29.5 Å². The summed E-state index contributed by atoms with van der Waals surface area (Å²) >= 11 is 0. The lowest BCUT2D eigenvalue weighted by Gasteiger charge is -2.40. The second-order valence-corrected chi connectivity index (χ2v) is 10.3. The molecule has 0 N–H and O–H groups in total. The van der Waals surface area contributed by atoms with E-state index in [0.717, 1.165) is 29.8 Å². The third-order valence-corrected chi connectivity index (χ3v) is 7.92. The average Bonchev–Trinajstić information content (AvgIpc) is 3.29. The highest BCUT2D eigenvalue weighted by Crippen LogP contribution is 2.47. The first kappa shape index (κ1) is 24.9. The predicted octanol–water partition coefficient (Wildman–Crippen LogP) is 6.38. The fourth-order valence-corrected chi connectivity index (χ4v) is 5.79. The van der Waals surface area contributed by atoms with E-state index in [1.54, 1.807) is 30.3 Å². The van der Waals surface area contributed by atoms with Crippen molar-refractivity contribution in [3.8, 4) is 11.5 Å². The molecule has 6 rings (SSSR count). The molecule has 0 atom stereocenters. The number of nitrogens with zero attached hydrogens (tertiary/aromatic N) is 2. The molecule has 1 saturated heterocycles. The van der Waals surface area contributed by atoms with E-state index in [0.29, 0.717) is 36.5 Å². The van der Waals surface area contributed by atoms with E-state index in [1.165, 1.54) is 6.07 Å². The van der Waals surface area contributed by atoms with Gasteiger partial charge in [-0.05, 0) is 72.5 Å². The molecule has 2 heterocycles. The molecule has 39 heavy (non-hydrogen) atoms. The molecule has 0 aliphatic carbocycles. The molecule has 1 spiro atoms. The molecule has 0 bridgehead atoms. The van der Waals surface area contributed by atoms with E-state index in [4.69, 9.17) is 4.74 Å². The number of anilines is 1. The number of fused-ring (bicyclic) bond motifs is 2. The Morgan fingerprint density at radius 2 is 1.41 bits per heavy atom. The van der Waals surface area contributed by atoms with Crippen molar-refractivity contribution >= 4 is 17.5 Å². The number of para-hydroxylation sites is 2. The number of halogens is 1. The van der Waals surface area contributed by atoms with Crippen LogP contribution in [-0.4, -0.2) is 36.3 Å². The maximum Gasteiger partial charge on any atom is 0.253 e. The van der Waals surface area contributed by atoms with Crippen LogP contribution in [0.1, 0.15) is 34.3 Å². The summed E-state index contributed by atoms with van der Waals surface area (Å²) in [5.74, 6) is 0.948. The third-order valence-electron chi connectivity index (χ3n) is 7.92. The Kier molecular flexibility index (Phi) is 6.61. The van der Waals surface area contributed by atoms with Gasteiger partial charge in [0, 0.05) is 36.3 Å². The van der Waals surface area contributed by atoms with Gasteiger partial charge in [-0.25, -0.2) is 4.39 Å². The predicted molar refractivity (Wildman–Crippen MR) is 149 cm³/mol. The summed E-state index contributed by atoms with van der Waals surface area (Å²) in [6, 6.07) is 31.2. The van der Waals surface area contributed by atoms with Gasteiger partial charge in [0.1, 0.15) is 17.3 Å². The number of carbonyl (C=O) groups excluding carboxylic acids is 2. The zero-order valence-corrected chi connectivity index (χ0v) is 21.6. The normalized spacial score (nSPS) is 15.7. The molecule has 0 saturated carbocycles. The van der Waals surface area contributed by atoms with Crippen molar-refractivity contribution < 1.29 is 18.7 Å². The van der Waals surface area contributed by atoms with Crippen LogP contribution in [0, 0.1) is 5.82 Å². The van der Waals surface area contributed by atoms with Gasteiger partial charge in [0.25, 0.3) is 5.91 Å². The van der Waals surface area contributed by atoms with Gasteiger partial charge in [0.05, 0.1) is 6.42 Å². The lowest BCUT2D eigenvalue weighted by atomic mass is 9.74. The molecule has 196 valence electrons. The van der Waals surface area contributed by atoms with Gasteiger partial charge in [-0.15, -0.1) is 0 Å². The largest absolute Gasteiger partial charge is 0.457 e. The van der Waals surface area contributed by atoms with Crippen LogP contribution >= 0.6 is 0 Å². The summed E-state index contributed by atoms with van der Waals surface area (Å²) in [6.07, 6.45) is 1.54. The number of ether oxygens (including phenoxy) is 1. The highest BCUT2D eigenvalue weighted by Gasteiger charge is 2.46. The molecule has 4 aromatic carbocycles. The van der Waals surface area contributed by atoms with Gasteiger partial charge in [0.2, 0.25) is 5.91 Å². The third kappa shape index (κ3) is 4.90. The Hall–Kier alpha value is -4.45. The molecule has 1 fully saturated rings. The summed E-state index contributed by atoms with van der Waals surface area (Å²) in [5, 5.41) is 0. The van der Waals surface area contributed by atoms with Crippen molar-refractivity contribution in [1.82, 2.24) is 4.90 Å². The van der Waals surface area contributed by atoms with Gasteiger partial charge in [-0.2, -0.15) is 0 Å². The molecule has 2 aliphatic rings. The van der Waals surface area contributed by atoms with Crippen molar-refractivity contribution in [3.63, 3.8) is 0 Å². The number of carbonyl (C=O) groups is 2. The van der Waals surface area contributed by atoms with Crippen LogP contribution in [0.25, 0.3) is 0 Å². The highest BCUT2D eigenvalue weighted by molar-refractivity contribution is 5.98. The van der Waals surface area contributed by atoms with Crippen molar-refractivity contribution in [2.24, 2.45) is 0 Å². The Balaban J connectivity index is 1.13. The minimum Gasteiger partial charge on any atom is -0.457 e. The first-order chi connectivity index (χ1) is 19.0. The van der Waals surface area contributed by atoms with Crippen molar-refractivity contribution in [1.29, 1.82) is 0 Å². The van der Waals surface area contributed by atoms with Crippen LogP contribution in [0.3, 0.4) is 0 Å². The summed E-state index contributed by atoms with van der Waals surface area (Å²) < 4.78 is 20.1. The van der Waals surface area contributed by atoms with Crippen molar-refractivity contribution in [2.75, 3.05) is 24.5 Å². The SMILES string of the molecule is O=C(c1ccc(Oc2ccccc2)cc1)N1CCC2(CC1)CN(C(=O)Cc1ccccc1F)c1ccccc12. The lowest BCUT2D eigenvalue weighted by Crippen LogP contribution is -2.48. The van der Waals surface area contributed by atoms with E-state index in [1.807, 2.05) is 70.5 Å². The van der Waals surface area contributed by atoms with Crippen LogP contribution < -0.4 is 9.64 Å². The number of rotatable bonds is 5. The Labute approximate surface area is 227 Å². The zero-order valence-electron chi connectivity index (χ0n) is 21.6. The molecule has 4 aromatic rings. The van der Waals surface area contributed by atoms with E-state index in [9.17, 15) is 14.0 Å². The standard InChI is InChI=1S/C33H29FN2O3/c34-29-12-6-4-8-25(29)22-31(37)36-23-33(28-11-5-7-13-30(28)36)18-20-35(21-19-33)32(38)24-14-16-27(17-15-24)39-26-9-2-1-3-10-26/h1-17H,18-23H2. The van der Waals surface area contributed by atoms with Gasteiger partial charge >= 0.3 is 0 Å². The van der Waals surface area contributed by atoms with E-state index >= 15 is 0 Å². The molecule has 0 unspecified atom stereocenters. The van der Waals surface area contributed by atoms with Gasteiger partial charge in [0.15, 0.2) is 0 Å². The minimum absolute atomic E-state index is 0.00474. The molecule has 0 aromatic heterocycles. The number of hydrogen-bond donors (Lipinski definition) is 0. The molecule has 6 heteroatoms. The molecule has 0 radical (unpaired) electrons. The second-order valence-electron chi connectivity index (χ2n) is 10.3. The van der Waals surface area contributed by atoms with Crippen LogP contribution in [0.15, 0.2) is 103 Å². The number of benzene rings is 4. The molecule has 2 amide bonds. The maximum atomic E-state index is 14.2. The van der Waals surface area contributed by atoms with Gasteiger partial charge in [-0.1, -0.05) is 54.6 Å². The highest BCUT2D eigenvalue weighted by atomic mass is 19.1. The van der Waals surface area contributed by atoms with Crippen molar-refractivity contribution in [3.05, 3.63) is 126 Å². The van der Waals surface area contributed by atoms with E-state index in [2.05, 4.69) is 6.07 Å². The smallest absolute Gasteiger partial charge is 0.253 e. The summed E-state index contributed by atoms with van der Waals surface area (Å²) in [7, 11) is 0. The maximum absolute atomic E-state index is 14.2. The first-order valence-electron chi connectivity index (χ1n) is 13.3. The van der Waals surface area contributed by atoms with Crippen LogP contribution in [0.4, 0.5) is 10.1 Å². The Morgan fingerprint density at radius 3 is 2.15 bits per heavy atom. The number of hydrogen-bond acceptors (Lipinski definition) is 3. The lowest BCUT2D eigenvalue weighted by molar-refractivity contribution is -0.118. The van der Waals surface area contributed by atoms with Crippen LogP contribution in [0.2, 0.25) is 0 Å². The van der Waals surface area contributed by atoms with Gasteiger partial charge in [-0.3, -0.25) is 9.59 Å². The second kappa shape index (κ2) is 10.4. The Morgan fingerprint density at radius 1 is 0.769 bits per heavy atom. The number of amides is 2. The average molecular weight is 521 g/mol. The van der Waals surface area contributed by atoms with E-state index < -0.39 is 0 Å². The quantitative estimate of drug-likeness (QED) is 0.307. The number of likely N-dealkylation sites (tertiary alicyclic amines) is 1. The summed E-state index contributed by atoms with van der Waals surface area (Å²) in [5.41, 5.74) is 2.85. The summed E-state index contributed by atoms with van der Waals surface area (Å²) in [4.78, 5) is 30.4.